The fourth-order valence-electron chi connectivity index (χ4n) is 3.32. The van der Waals surface area contributed by atoms with E-state index in [2.05, 4.69) is 16.5 Å². The van der Waals surface area contributed by atoms with Crippen LogP contribution in [-0.2, 0) is 16.0 Å². The highest BCUT2D eigenvalue weighted by Crippen LogP contribution is 2.34. The average Bonchev–Trinajstić information content (AvgIpc) is 3.36. The van der Waals surface area contributed by atoms with E-state index in [1.165, 1.54) is 22.3 Å². The summed E-state index contributed by atoms with van der Waals surface area (Å²) in [5.41, 5.74) is 14.9. The molecule has 0 bridgehead atoms. The summed E-state index contributed by atoms with van der Waals surface area (Å²) in [7, 11) is 1.92. The van der Waals surface area contributed by atoms with E-state index in [1.54, 1.807) is 12.1 Å². The minimum atomic E-state index is -0.617. The number of hydrogen-bond donors (Lipinski definition) is 4. The summed E-state index contributed by atoms with van der Waals surface area (Å²) >= 11 is 1.52. The lowest BCUT2D eigenvalue weighted by Crippen LogP contribution is -2.37. The van der Waals surface area contributed by atoms with Gasteiger partial charge in [-0.05, 0) is 30.3 Å². The first kappa shape index (κ1) is 19.7. The largest absolute Gasteiger partial charge is 0.443 e. The highest BCUT2D eigenvalue weighted by atomic mass is 32.1. The van der Waals surface area contributed by atoms with Crippen LogP contribution in [0.5, 0.6) is 0 Å². The Morgan fingerprint density at radius 3 is 2.90 bits per heavy atom. The van der Waals surface area contributed by atoms with Crippen LogP contribution in [0, 0.1) is 5.82 Å². The summed E-state index contributed by atoms with van der Waals surface area (Å²) in [5, 5.41) is 1.91. The monoisotopic (exact) mass is 420 g/mol. The molecule has 1 aromatic heterocycles. The quantitative estimate of drug-likeness (QED) is 0.553. The third-order valence-corrected chi connectivity index (χ3v) is 5.97. The first-order valence-electron chi connectivity index (χ1n) is 9.05. The maximum Gasteiger partial charge on any atom is 0.414 e. The van der Waals surface area contributed by atoms with Crippen molar-refractivity contribution in [2.45, 2.75) is 25.1 Å². The molecule has 154 valence electrons. The van der Waals surface area contributed by atoms with Gasteiger partial charge in [-0.3, -0.25) is 9.69 Å². The fraction of sp³-hybridized carbons (Fsp3) is 0.333. The van der Waals surface area contributed by atoms with Crippen LogP contribution in [0.2, 0.25) is 0 Å². The molecule has 2 atom stereocenters. The molecule has 5 N–H and O–H groups in total. The van der Waals surface area contributed by atoms with Gasteiger partial charge in [-0.15, -0.1) is 11.3 Å². The number of primary amides is 1. The van der Waals surface area contributed by atoms with Crippen LogP contribution in [-0.4, -0.2) is 42.9 Å². The summed E-state index contributed by atoms with van der Waals surface area (Å²) in [4.78, 5) is 26.3. The summed E-state index contributed by atoms with van der Waals surface area (Å²) in [6.45, 7) is 0.160. The third-order valence-electron chi connectivity index (χ3n) is 4.83. The lowest BCUT2D eigenvalue weighted by atomic mass is 10.1. The number of carbonyl (C=O) groups is 2. The number of thiophene rings is 1. The Kier molecular flexibility index (Phi) is 5.48. The molecule has 0 radical (unpaired) electrons. The van der Waals surface area contributed by atoms with Gasteiger partial charge < -0.3 is 10.5 Å². The van der Waals surface area contributed by atoms with Crippen LogP contribution in [0.1, 0.15) is 11.3 Å². The van der Waals surface area contributed by atoms with E-state index in [4.69, 9.17) is 10.5 Å². The van der Waals surface area contributed by atoms with Gasteiger partial charge in [-0.1, -0.05) is 0 Å². The number of benzene rings is 1. The number of anilines is 1. The number of likely N-dealkylation sites (N-methyl/N-ethyl adjacent to an activating group) is 1. The van der Waals surface area contributed by atoms with Gasteiger partial charge in [-0.2, -0.15) is 11.1 Å². The first-order valence-corrected chi connectivity index (χ1v) is 9.86. The van der Waals surface area contributed by atoms with E-state index in [0.717, 1.165) is 16.2 Å². The smallest absolute Gasteiger partial charge is 0.414 e. The number of hydrazine groups is 3. The minimum absolute atomic E-state index is 0.0587. The zero-order chi connectivity index (χ0) is 20.5. The van der Waals surface area contributed by atoms with Gasteiger partial charge in [0.15, 0.2) is 0 Å². The highest BCUT2D eigenvalue weighted by molar-refractivity contribution is 7.15. The molecule has 9 nitrogen and oxygen atoms in total. The molecule has 2 fully saturated rings. The average molecular weight is 420 g/mol. The number of nitrogens with one attached hydrogen (secondary N) is 3. The molecule has 4 rings (SSSR count). The van der Waals surface area contributed by atoms with Crippen molar-refractivity contribution in [2.75, 3.05) is 18.5 Å². The second-order valence-electron chi connectivity index (χ2n) is 6.93. The Hall–Kier alpha value is -2.57. The van der Waals surface area contributed by atoms with E-state index in [-0.39, 0.29) is 19.1 Å². The number of nitrogens with two attached hydrogens (primary N) is 1. The molecule has 2 saturated heterocycles. The predicted molar refractivity (Wildman–Crippen MR) is 106 cm³/mol. The number of carbonyl (C=O) groups excluding carboxylic acids is 2. The van der Waals surface area contributed by atoms with Crippen molar-refractivity contribution in [3.05, 3.63) is 41.0 Å². The number of nitrogens with zero attached hydrogens (tertiary/aromatic N) is 2. The number of halogens is 1. The lowest BCUT2D eigenvalue weighted by molar-refractivity contribution is -0.119. The Balaban J connectivity index is 1.48. The first-order chi connectivity index (χ1) is 13.9. The maximum atomic E-state index is 14.8. The second-order valence-corrected chi connectivity index (χ2v) is 8.10. The molecule has 0 saturated carbocycles. The molecule has 2 unspecified atom stereocenters. The van der Waals surface area contributed by atoms with E-state index >= 15 is 0 Å². The van der Waals surface area contributed by atoms with Crippen LogP contribution in [0.3, 0.4) is 0 Å². The van der Waals surface area contributed by atoms with E-state index in [1.807, 2.05) is 24.2 Å². The van der Waals surface area contributed by atoms with Crippen molar-refractivity contribution < 1.29 is 18.7 Å². The van der Waals surface area contributed by atoms with E-state index in [9.17, 15) is 14.0 Å². The van der Waals surface area contributed by atoms with E-state index < -0.39 is 23.9 Å². The van der Waals surface area contributed by atoms with Crippen molar-refractivity contribution in [3.63, 3.8) is 0 Å². The number of rotatable bonds is 6. The topological polar surface area (TPSA) is 112 Å². The fourth-order valence-corrected chi connectivity index (χ4v) is 4.40. The summed E-state index contributed by atoms with van der Waals surface area (Å²) in [6, 6.07) is 8.50. The number of ether oxygens (including phenoxy) is 1. The SMILES string of the molecule is CN1NNNC1Cc1ccc(-c2ccc(N3CC(CC(N)=O)OC3=O)cc2F)s1. The molecular formula is C18H21FN6O3S. The van der Waals surface area contributed by atoms with Crippen molar-refractivity contribution in [3.8, 4) is 10.4 Å². The molecule has 0 spiro atoms. The molecule has 2 aliphatic heterocycles. The summed E-state index contributed by atoms with van der Waals surface area (Å²) in [5.74, 6) is -0.980. The summed E-state index contributed by atoms with van der Waals surface area (Å²) in [6.07, 6.45) is -0.451. The third kappa shape index (κ3) is 4.23. The number of cyclic esters (lactones) is 1. The number of hydrogen-bond acceptors (Lipinski definition) is 8. The Morgan fingerprint density at radius 2 is 2.21 bits per heavy atom. The van der Waals surface area contributed by atoms with Crippen molar-refractivity contribution >= 4 is 29.0 Å². The predicted octanol–water partition coefficient (Wildman–Crippen LogP) is 1.08. The molecule has 1 aromatic carbocycles. The minimum Gasteiger partial charge on any atom is -0.443 e. The second kappa shape index (κ2) is 8.05. The van der Waals surface area contributed by atoms with Crippen LogP contribution < -0.4 is 27.1 Å². The normalized spacial score (nSPS) is 22.3. The molecule has 2 amide bonds. The molecule has 2 aliphatic rings. The zero-order valence-corrected chi connectivity index (χ0v) is 16.5. The zero-order valence-electron chi connectivity index (χ0n) is 15.6. The molecule has 2 aromatic rings. The van der Waals surface area contributed by atoms with Crippen LogP contribution in [0.25, 0.3) is 10.4 Å². The van der Waals surface area contributed by atoms with Gasteiger partial charge in [0.1, 0.15) is 11.9 Å². The van der Waals surface area contributed by atoms with Crippen LogP contribution in [0.4, 0.5) is 14.9 Å². The highest BCUT2D eigenvalue weighted by Gasteiger charge is 2.33. The van der Waals surface area contributed by atoms with Gasteiger partial charge in [-0.25, -0.2) is 19.6 Å². The Bertz CT molecular complexity index is 938. The lowest BCUT2D eigenvalue weighted by Gasteiger charge is -2.15. The molecular weight excluding hydrogens is 399 g/mol. The maximum absolute atomic E-state index is 14.8. The van der Waals surface area contributed by atoms with Crippen molar-refractivity contribution in [2.24, 2.45) is 5.73 Å². The van der Waals surface area contributed by atoms with Crippen molar-refractivity contribution in [1.82, 2.24) is 21.5 Å². The molecule has 11 heteroatoms. The molecule has 0 aliphatic carbocycles. The van der Waals surface area contributed by atoms with Crippen LogP contribution in [0.15, 0.2) is 30.3 Å². The number of amides is 2. The van der Waals surface area contributed by atoms with Gasteiger partial charge in [0.25, 0.3) is 0 Å². The van der Waals surface area contributed by atoms with Gasteiger partial charge in [0.05, 0.1) is 24.8 Å². The van der Waals surface area contributed by atoms with Gasteiger partial charge in [0.2, 0.25) is 5.91 Å². The van der Waals surface area contributed by atoms with E-state index in [0.29, 0.717) is 11.3 Å². The molecule has 3 heterocycles. The Morgan fingerprint density at radius 1 is 1.38 bits per heavy atom. The Labute approximate surface area is 170 Å². The van der Waals surface area contributed by atoms with Gasteiger partial charge in [0, 0.05) is 28.8 Å². The summed E-state index contributed by atoms with van der Waals surface area (Å²) < 4.78 is 19.9. The molecule has 29 heavy (non-hydrogen) atoms. The van der Waals surface area contributed by atoms with Crippen LogP contribution >= 0.6 is 11.3 Å². The standard InChI is InChI=1S/C18H21FN6O3S/c1-24-17(21-22-23-24)8-12-3-5-15(29-12)13-4-2-10(6-14(13)19)25-9-11(7-16(20)26)28-18(25)27/h2-6,11,17,21-23H,7-9H2,1H3,(H2,20,26). The van der Waals surface area contributed by atoms with Gasteiger partial charge >= 0.3 is 6.09 Å². The van der Waals surface area contributed by atoms with Crippen molar-refractivity contribution in [1.29, 1.82) is 0 Å².